The van der Waals surface area contributed by atoms with E-state index in [2.05, 4.69) is 30.7 Å². The van der Waals surface area contributed by atoms with Crippen molar-refractivity contribution in [1.29, 1.82) is 0 Å². The van der Waals surface area contributed by atoms with E-state index in [1.807, 2.05) is 0 Å². The maximum Gasteiger partial charge on any atom is 0.0596 e. The largest absolute Gasteiger partial charge is 0.396 e. The van der Waals surface area contributed by atoms with Gasteiger partial charge in [-0.15, -0.1) is 0 Å². The lowest BCUT2D eigenvalue weighted by Crippen LogP contribution is -2.44. The van der Waals surface area contributed by atoms with Gasteiger partial charge in [0.15, 0.2) is 0 Å². The first-order valence-electron chi connectivity index (χ1n) is 7.28. The molecule has 0 spiro atoms. The molecule has 0 aromatic rings. The van der Waals surface area contributed by atoms with Crippen LogP contribution < -0.4 is 0 Å². The molecule has 1 fully saturated rings. The minimum Gasteiger partial charge on any atom is -0.396 e. The van der Waals surface area contributed by atoms with Gasteiger partial charge in [0.1, 0.15) is 0 Å². The summed E-state index contributed by atoms with van der Waals surface area (Å²) in [5.74, 6) is 0. The molecular formula is C14H30N2O2. The Morgan fingerprint density at radius 2 is 2.00 bits per heavy atom. The van der Waals surface area contributed by atoms with E-state index in [4.69, 9.17) is 9.84 Å². The Balaban J connectivity index is 2.12. The molecule has 4 nitrogen and oxygen atoms in total. The zero-order chi connectivity index (χ0) is 13.4. The molecule has 1 rings (SSSR count). The summed E-state index contributed by atoms with van der Waals surface area (Å²) in [7, 11) is 2.18. The Hall–Kier alpha value is -0.160. The lowest BCUT2D eigenvalue weighted by atomic mass is 10.0. The van der Waals surface area contributed by atoms with Gasteiger partial charge in [-0.05, 0) is 53.2 Å². The molecule has 0 amide bonds. The molecule has 1 aliphatic rings. The van der Waals surface area contributed by atoms with Crippen molar-refractivity contribution in [3.63, 3.8) is 0 Å². The van der Waals surface area contributed by atoms with Gasteiger partial charge in [-0.2, -0.15) is 0 Å². The van der Waals surface area contributed by atoms with Crippen molar-refractivity contribution in [3.8, 4) is 0 Å². The van der Waals surface area contributed by atoms with Crippen LogP contribution >= 0.6 is 0 Å². The fourth-order valence-corrected chi connectivity index (χ4v) is 2.50. The molecule has 1 aliphatic heterocycles. The molecule has 4 heteroatoms. The van der Waals surface area contributed by atoms with Crippen molar-refractivity contribution in [2.45, 2.75) is 45.3 Å². The monoisotopic (exact) mass is 258 g/mol. The summed E-state index contributed by atoms with van der Waals surface area (Å²) in [5.41, 5.74) is 0. The van der Waals surface area contributed by atoms with Gasteiger partial charge >= 0.3 is 0 Å². The second kappa shape index (κ2) is 8.86. The summed E-state index contributed by atoms with van der Waals surface area (Å²) >= 11 is 0. The molecule has 0 aromatic heterocycles. The molecule has 0 radical (unpaired) electrons. The van der Waals surface area contributed by atoms with Gasteiger partial charge in [0.05, 0.1) is 12.7 Å². The molecule has 0 bridgehead atoms. The number of rotatable bonds is 8. The first-order valence-corrected chi connectivity index (χ1v) is 7.28. The SMILES string of the molecule is CC(C)OCCN1CCC(N(C)CCCO)CC1. The molecule has 1 heterocycles. The van der Waals surface area contributed by atoms with Crippen LogP contribution in [0.3, 0.4) is 0 Å². The van der Waals surface area contributed by atoms with Crippen molar-refractivity contribution in [2.75, 3.05) is 46.4 Å². The van der Waals surface area contributed by atoms with E-state index in [0.717, 1.165) is 26.1 Å². The number of nitrogens with zero attached hydrogens (tertiary/aromatic N) is 2. The molecular weight excluding hydrogens is 228 g/mol. The van der Waals surface area contributed by atoms with Crippen LogP contribution in [-0.2, 0) is 4.74 Å². The lowest BCUT2D eigenvalue weighted by molar-refractivity contribution is 0.0456. The predicted octanol–water partition coefficient (Wildman–Crippen LogP) is 1.19. The van der Waals surface area contributed by atoms with E-state index >= 15 is 0 Å². The summed E-state index contributed by atoms with van der Waals surface area (Å²) in [5, 5.41) is 8.85. The van der Waals surface area contributed by atoms with Gasteiger partial charge in [0.2, 0.25) is 0 Å². The highest BCUT2D eigenvalue weighted by molar-refractivity contribution is 4.78. The minimum atomic E-state index is 0.301. The van der Waals surface area contributed by atoms with Gasteiger partial charge < -0.3 is 19.6 Å². The van der Waals surface area contributed by atoms with Gasteiger partial charge in [0, 0.05) is 25.7 Å². The molecule has 1 N–H and O–H groups in total. The van der Waals surface area contributed by atoms with Crippen LogP contribution in [0.15, 0.2) is 0 Å². The van der Waals surface area contributed by atoms with E-state index in [0.29, 0.717) is 18.8 Å². The third-order valence-corrected chi connectivity index (χ3v) is 3.71. The van der Waals surface area contributed by atoms with Gasteiger partial charge in [-0.3, -0.25) is 0 Å². The van der Waals surface area contributed by atoms with Crippen molar-refractivity contribution >= 4 is 0 Å². The second-order valence-electron chi connectivity index (χ2n) is 5.55. The van der Waals surface area contributed by atoms with E-state index < -0.39 is 0 Å². The first-order chi connectivity index (χ1) is 8.63. The van der Waals surface area contributed by atoms with Crippen LogP contribution in [0, 0.1) is 0 Å². The molecule has 0 aliphatic carbocycles. The minimum absolute atomic E-state index is 0.301. The molecule has 108 valence electrons. The molecule has 0 unspecified atom stereocenters. The normalized spacial score (nSPS) is 19.0. The number of hydrogen-bond acceptors (Lipinski definition) is 4. The van der Waals surface area contributed by atoms with Crippen LogP contribution in [0.5, 0.6) is 0 Å². The number of aliphatic hydroxyl groups is 1. The third kappa shape index (κ3) is 6.14. The summed E-state index contributed by atoms with van der Waals surface area (Å²) in [4.78, 5) is 4.90. The van der Waals surface area contributed by atoms with Gasteiger partial charge in [-0.25, -0.2) is 0 Å². The zero-order valence-corrected chi connectivity index (χ0v) is 12.3. The topological polar surface area (TPSA) is 35.9 Å². The van der Waals surface area contributed by atoms with Gasteiger partial charge in [0.25, 0.3) is 0 Å². The molecule has 18 heavy (non-hydrogen) atoms. The van der Waals surface area contributed by atoms with Crippen LogP contribution in [-0.4, -0.2) is 73.5 Å². The summed E-state index contributed by atoms with van der Waals surface area (Å²) in [6.07, 6.45) is 3.71. The van der Waals surface area contributed by atoms with Crippen LogP contribution in [0.25, 0.3) is 0 Å². The maximum absolute atomic E-state index is 8.85. The third-order valence-electron chi connectivity index (χ3n) is 3.71. The molecule has 0 saturated carbocycles. The van der Waals surface area contributed by atoms with E-state index in [-0.39, 0.29) is 0 Å². The smallest absolute Gasteiger partial charge is 0.0596 e. The number of piperidine rings is 1. The highest BCUT2D eigenvalue weighted by Gasteiger charge is 2.21. The van der Waals surface area contributed by atoms with Crippen molar-refractivity contribution in [2.24, 2.45) is 0 Å². The van der Waals surface area contributed by atoms with Crippen LogP contribution in [0.4, 0.5) is 0 Å². The Kier molecular flexibility index (Phi) is 7.82. The standard InChI is InChI=1S/C14H30N2O2/c1-13(2)18-12-10-16-8-5-14(6-9-16)15(3)7-4-11-17/h13-14,17H,4-12H2,1-3H3. The second-order valence-corrected chi connectivity index (χ2v) is 5.55. The highest BCUT2D eigenvalue weighted by atomic mass is 16.5. The number of ether oxygens (including phenoxy) is 1. The van der Waals surface area contributed by atoms with E-state index in [1.165, 1.54) is 25.9 Å². The number of hydrogen-bond donors (Lipinski definition) is 1. The molecule has 1 saturated heterocycles. The highest BCUT2D eigenvalue weighted by Crippen LogP contribution is 2.15. The fourth-order valence-electron chi connectivity index (χ4n) is 2.50. The molecule has 0 aromatic carbocycles. The van der Waals surface area contributed by atoms with Crippen molar-refractivity contribution in [3.05, 3.63) is 0 Å². The quantitative estimate of drug-likeness (QED) is 0.709. The van der Waals surface area contributed by atoms with Crippen molar-refractivity contribution < 1.29 is 9.84 Å². The Labute approximate surface area is 112 Å². The Bertz CT molecular complexity index is 204. The van der Waals surface area contributed by atoms with Crippen LogP contribution in [0.2, 0.25) is 0 Å². The predicted molar refractivity (Wildman–Crippen MR) is 74.9 cm³/mol. The van der Waals surface area contributed by atoms with Gasteiger partial charge in [-0.1, -0.05) is 0 Å². The summed E-state index contributed by atoms with van der Waals surface area (Å²) in [6.45, 7) is 9.75. The van der Waals surface area contributed by atoms with Crippen LogP contribution in [0.1, 0.15) is 33.1 Å². The molecule has 0 atom stereocenters. The Morgan fingerprint density at radius 1 is 1.33 bits per heavy atom. The maximum atomic E-state index is 8.85. The summed E-state index contributed by atoms with van der Waals surface area (Å²) in [6, 6.07) is 0.693. The average molecular weight is 258 g/mol. The summed E-state index contributed by atoms with van der Waals surface area (Å²) < 4.78 is 5.59. The average Bonchev–Trinajstić information content (AvgIpc) is 2.36. The van der Waals surface area contributed by atoms with E-state index in [1.54, 1.807) is 0 Å². The number of aliphatic hydroxyl groups excluding tert-OH is 1. The fraction of sp³-hybridized carbons (Fsp3) is 1.00. The first kappa shape index (κ1) is 15.9. The van der Waals surface area contributed by atoms with E-state index in [9.17, 15) is 0 Å². The Morgan fingerprint density at radius 3 is 2.56 bits per heavy atom. The number of likely N-dealkylation sites (tertiary alicyclic amines) is 1. The zero-order valence-electron chi connectivity index (χ0n) is 12.3. The van der Waals surface area contributed by atoms with Crippen molar-refractivity contribution in [1.82, 2.24) is 9.80 Å². The lowest BCUT2D eigenvalue weighted by Gasteiger charge is -2.36.